The van der Waals surface area contributed by atoms with E-state index in [9.17, 15) is 39.1 Å². The molecule has 7 aromatic rings. The predicted molar refractivity (Wildman–Crippen MR) is 613 cm³/mol. The van der Waals surface area contributed by atoms with Crippen LogP contribution in [0.1, 0.15) is 440 Å². The van der Waals surface area contributed by atoms with Gasteiger partial charge in [-0.2, -0.15) is 0 Å². The van der Waals surface area contributed by atoms with E-state index in [4.69, 9.17) is 42.6 Å². The molecule has 147 heavy (non-hydrogen) atoms. The average Bonchev–Trinajstić information content (AvgIpc) is 0.732. The highest BCUT2D eigenvalue weighted by Crippen LogP contribution is 2.56. The van der Waals surface area contributed by atoms with Crippen molar-refractivity contribution in [2.24, 2.45) is 0 Å². The molecule has 18 heteroatoms. The molecular formula is C129H187O17P. The molecule has 0 spiro atoms. The molecule has 0 atom stereocenters. The van der Waals surface area contributed by atoms with Crippen LogP contribution in [0.25, 0.3) is 33.3 Å². The molecular weight excluding hydrogens is 1850 g/mol. The Labute approximate surface area is 885 Å². The van der Waals surface area contributed by atoms with E-state index in [0.29, 0.717) is 55.7 Å². The number of aliphatic carboxylic acids is 1. The van der Waals surface area contributed by atoms with Gasteiger partial charge in [0, 0.05) is 45.9 Å². The lowest BCUT2D eigenvalue weighted by Gasteiger charge is -2.42. The molecule has 5 N–H and O–H groups in total. The van der Waals surface area contributed by atoms with Crippen molar-refractivity contribution in [3.63, 3.8) is 0 Å². The van der Waals surface area contributed by atoms with Crippen LogP contribution in [-0.2, 0) is 97.7 Å². The molecule has 0 saturated heterocycles. The molecule has 6 aromatic carbocycles. The third-order valence-electron chi connectivity index (χ3n) is 31.6. The number of carboxylic acid groups (broad SMARTS) is 1. The summed E-state index contributed by atoms with van der Waals surface area (Å²) >= 11 is 0. The largest absolute Gasteiger partial charge is 0.508 e. The van der Waals surface area contributed by atoms with Crippen molar-refractivity contribution >= 4 is 59.1 Å². The highest BCUT2D eigenvalue weighted by molar-refractivity contribution is 7.54. The number of aryl methyl sites for hydroxylation is 1. The average molecular weight is 2040 g/mol. The van der Waals surface area contributed by atoms with Gasteiger partial charge in [-0.05, 0) is 410 Å². The van der Waals surface area contributed by atoms with Crippen LogP contribution >= 0.6 is 7.60 Å². The van der Waals surface area contributed by atoms with Crippen molar-refractivity contribution in [2.75, 3.05) is 59.0 Å². The zero-order chi connectivity index (χ0) is 111. The number of rotatable bonds is 27. The molecule has 0 unspecified atom stereocenters. The molecule has 1 heterocycles. The van der Waals surface area contributed by atoms with Gasteiger partial charge in [-0.3, -0.25) is 9.36 Å². The zero-order valence-corrected chi connectivity index (χ0v) is 98.2. The Bertz CT molecular complexity index is 6090. The first-order valence-electron chi connectivity index (χ1n) is 54.1. The second-order valence-corrected chi connectivity index (χ2v) is 51.6. The number of aliphatic hydroxyl groups excluding tert-OH is 2. The first-order chi connectivity index (χ1) is 68.1. The monoisotopic (exact) mass is 2040 g/mol. The Hall–Kier alpha value is -9.61. The minimum absolute atomic E-state index is 0.00273. The highest BCUT2D eigenvalue weighted by Gasteiger charge is 2.45. The van der Waals surface area contributed by atoms with Gasteiger partial charge >= 0.3 is 25.2 Å². The third-order valence-corrected chi connectivity index (χ3v) is 33.8. The number of aldehydes is 1. The standard InChI is InChI=1S/C26H36O3.C21H32O2.C21H30O2.C18H22O2.C18H26O2.C14H20O.C11H21O5P/c1-8-14-29-23-17-22-21(25(4,5)12-13-26(22,6)7)16-20(23)19(3)11-9-10-18(2)15-24(27)28;2*1-7-12-23-19-14-18-17(13-16(19)15(2)8-11-22)20(3,4)9-10-21(18,5)6;1-11-8-16(19)20-15-10-14-13(9-12(11)15)17(2,3)6-7-18(14,4)5;1-12(6-9-19)13-10-14-15(11-16(13)20)18(4,5)8-7-17(14,2)3;1-13(2)7-8-14(3,4)12-9-10(15)5-6-11(12)13;1-5-14-11(12)8-10(4)9-17(13,15-6-2)16-7-3/h9-11,15-17H,8,12-14H2,1-7H3,(H,27,28);8,13-14,22H,7,9-12H2,1-6H3;8,11,13-14H,7,9-10,12H2,1-6H3;8-10H,6-7H2,1-5H3;6,10-11,19-20H,7-9H2,1-5H3;5-6,9,15H,7-8H2,1-4H3;8H,5-7,9H2,1-4H3/b10-9+,18-15+,19-11-;2*15-8-;;12-6-;;. The van der Waals surface area contributed by atoms with Gasteiger partial charge in [-0.15, -0.1) is 0 Å². The van der Waals surface area contributed by atoms with Gasteiger partial charge in [0.15, 0.2) is 0 Å². The molecule has 0 saturated carbocycles. The number of esters is 1. The Balaban J connectivity index is 0.000000234. The smallest absolute Gasteiger partial charge is 0.336 e. The van der Waals surface area contributed by atoms with Crippen LogP contribution in [0.3, 0.4) is 0 Å². The zero-order valence-electron chi connectivity index (χ0n) is 97.3. The summed E-state index contributed by atoms with van der Waals surface area (Å²) in [5.41, 5.74) is 29.4. The molecule has 17 nitrogen and oxygen atoms in total. The van der Waals surface area contributed by atoms with Gasteiger partial charge in [0.2, 0.25) is 0 Å². The van der Waals surface area contributed by atoms with Crippen molar-refractivity contribution in [3.8, 4) is 28.7 Å². The normalized spacial score (nSPS) is 18.9. The number of fused-ring (bicyclic) bond motifs is 7. The number of carbonyl (C=O) groups excluding carboxylic acids is 2. The van der Waals surface area contributed by atoms with Crippen molar-refractivity contribution in [1.82, 2.24) is 0 Å². The molecule has 6 aliphatic rings. The number of hydrogen-bond donors (Lipinski definition) is 5. The van der Waals surface area contributed by atoms with Gasteiger partial charge in [0.05, 0.1) is 59.0 Å². The van der Waals surface area contributed by atoms with Crippen LogP contribution < -0.4 is 19.8 Å². The Morgan fingerprint density at radius 2 is 0.714 bits per heavy atom. The Kier molecular flexibility index (Phi) is 43.1. The number of phenolic OH excluding ortho intramolecular Hbond substituents is 2. The summed E-state index contributed by atoms with van der Waals surface area (Å²) in [6.07, 6.45) is 31.5. The maximum atomic E-state index is 12.1. The molecule has 0 amide bonds. The van der Waals surface area contributed by atoms with E-state index >= 15 is 0 Å². The lowest BCUT2D eigenvalue weighted by atomic mass is 9.62. The third kappa shape index (κ3) is 32.2. The van der Waals surface area contributed by atoms with Crippen molar-refractivity contribution in [1.29, 1.82) is 0 Å². The first kappa shape index (κ1) is 124. The second-order valence-electron chi connectivity index (χ2n) is 49.5. The minimum atomic E-state index is -3.13. The Morgan fingerprint density at radius 3 is 1.06 bits per heavy atom. The van der Waals surface area contributed by atoms with E-state index < -0.39 is 19.5 Å². The highest BCUT2D eigenvalue weighted by atomic mass is 31.2. The second kappa shape index (κ2) is 51.0. The van der Waals surface area contributed by atoms with E-state index in [1.165, 1.54) is 137 Å². The lowest BCUT2D eigenvalue weighted by Crippen LogP contribution is -2.34. The van der Waals surface area contributed by atoms with Crippen LogP contribution in [0, 0.1) is 6.92 Å². The number of allylic oxidation sites excluding steroid dienone is 10. The maximum absolute atomic E-state index is 12.1. The number of hydrogen-bond acceptors (Lipinski definition) is 16. The van der Waals surface area contributed by atoms with Crippen LogP contribution in [0.4, 0.5) is 0 Å². The summed E-state index contributed by atoms with van der Waals surface area (Å²) in [6, 6.07) is 29.4. The van der Waals surface area contributed by atoms with Crippen LogP contribution in [0.2, 0.25) is 0 Å². The molecule has 810 valence electrons. The summed E-state index contributed by atoms with van der Waals surface area (Å²) < 4.78 is 50.8. The fourth-order valence-electron chi connectivity index (χ4n) is 21.2. The molecule has 1 aromatic heterocycles. The number of benzene rings is 6. The van der Waals surface area contributed by atoms with Gasteiger partial charge < -0.3 is 57.9 Å². The van der Waals surface area contributed by atoms with E-state index in [0.717, 1.165) is 130 Å². The van der Waals surface area contributed by atoms with E-state index in [1.54, 1.807) is 52.8 Å². The molecule has 0 fully saturated rings. The lowest BCUT2D eigenvalue weighted by molar-refractivity contribution is -0.137. The van der Waals surface area contributed by atoms with Gasteiger partial charge in [-0.1, -0.05) is 229 Å². The molecule has 6 aliphatic carbocycles. The molecule has 0 radical (unpaired) electrons. The summed E-state index contributed by atoms with van der Waals surface area (Å²) in [6.45, 7) is 83.4. The fourth-order valence-corrected chi connectivity index (χ4v) is 22.9. The topological polar surface area (TPSA) is 255 Å². The number of aromatic hydroxyl groups is 2. The first-order valence-corrected chi connectivity index (χ1v) is 55.8. The van der Waals surface area contributed by atoms with Crippen molar-refractivity contribution in [2.45, 2.75) is 417 Å². The number of carboxylic acids is 1. The number of aliphatic hydroxyl groups is 2. The van der Waals surface area contributed by atoms with Gasteiger partial charge in [-0.25, -0.2) is 14.4 Å². The van der Waals surface area contributed by atoms with Crippen LogP contribution in [0.5, 0.6) is 28.7 Å². The Morgan fingerprint density at radius 1 is 0.395 bits per heavy atom. The quantitative estimate of drug-likeness (QED) is 0.00801. The van der Waals surface area contributed by atoms with E-state index in [1.807, 2.05) is 63.3 Å². The summed E-state index contributed by atoms with van der Waals surface area (Å²) in [7, 11) is -3.13. The maximum Gasteiger partial charge on any atom is 0.336 e. The van der Waals surface area contributed by atoms with Crippen molar-refractivity contribution in [3.05, 3.63) is 250 Å². The molecule has 13 rings (SSSR count). The SMILES string of the molecule is C/C(=C/CO)c1cc2c(cc1O)C(C)(C)CCC2(C)C.CC1(C)CCC(C)(C)c2cc(O)ccc21.CCCOc1cc2c(cc1/C(C)=C\C=O)C(C)(C)CCC2(C)C.CCCOc1cc2c(cc1/C(C)=C\CO)C(C)(C)CCC2(C)C.CCCOc1cc2c(cc1\C(C)=C/C=C/C(C)=C/C(=O)O)C(C)(C)CCC2(C)C.CCOC(=O)C=C(C)CP(=O)(OCC)OCC.Cc1cc(=O)oc2cc3c(cc12)C(C)(C)CCC3(C)C. The number of carbonyl (C=O) groups is 3. The molecule has 0 bridgehead atoms. The van der Waals surface area contributed by atoms with Gasteiger partial charge in [0.1, 0.15) is 40.6 Å². The van der Waals surface area contributed by atoms with Crippen molar-refractivity contribution < 1.29 is 76.9 Å². The van der Waals surface area contributed by atoms with E-state index in [2.05, 4.69) is 261 Å². The summed E-state index contributed by atoms with van der Waals surface area (Å²) in [5, 5.41) is 48.2. The predicted octanol–water partition coefficient (Wildman–Crippen LogP) is 32.6. The number of ether oxygens (including phenoxy) is 4. The van der Waals surface area contributed by atoms with Gasteiger partial charge in [0.25, 0.3) is 0 Å². The minimum Gasteiger partial charge on any atom is -0.508 e. The van der Waals surface area contributed by atoms with E-state index in [-0.39, 0.29) is 90.0 Å². The van der Waals surface area contributed by atoms with Crippen LogP contribution in [0.15, 0.2) is 154 Å². The summed E-state index contributed by atoms with van der Waals surface area (Å²) in [5.74, 6) is 2.14. The molecule has 0 aliphatic heterocycles. The fraction of sp³-hybridized carbons (Fsp3) is 0.566. The summed E-state index contributed by atoms with van der Waals surface area (Å²) in [4.78, 5) is 44.5. The number of phenols is 2. The van der Waals surface area contributed by atoms with Crippen LogP contribution in [-0.4, -0.2) is 103 Å².